The lowest BCUT2D eigenvalue weighted by molar-refractivity contribution is 0.0919. The summed E-state index contributed by atoms with van der Waals surface area (Å²) >= 11 is 6.04. The molecule has 6 heteroatoms. The zero-order valence-electron chi connectivity index (χ0n) is 11.2. The van der Waals surface area contributed by atoms with Gasteiger partial charge in [-0.25, -0.2) is 0 Å². The Hall–Kier alpha value is -1.88. The van der Waals surface area contributed by atoms with Crippen LogP contribution in [0.2, 0.25) is 5.02 Å². The van der Waals surface area contributed by atoms with Crippen molar-refractivity contribution in [1.29, 1.82) is 0 Å². The van der Waals surface area contributed by atoms with Gasteiger partial charge in [-0.3, -0.25) is 4.79 Å². The van der Waals surface area contributed by atoms with Crippen LogP contribution < -0.4 is 5.32 Å². The van der Waals surface area contributed by atoms with Crippen molar-refractivity contribution < 1.29 is 9.21 Å². The summed E-state index contributed by atoms with van der Waals surface area (Å²) in [7, 11) is 0. The third-order valence-electron chi connectivity index (χ3n) is 2.79. The monoisotopic (exact) mass is 293 g/mol. The van der Waals surface area contributed by atoms with Crippen LogP contribution in [0.5, 0.6) is 0 Å². The maximum Gasteiger partial charge on any atom is 0.308 e. The van der Waals surface area contributed by atoms with E-state index in [-0.39, 0.29) is 17.7 Å². The number of rotatable bonds is 6. The number of hydrogen-bond donors (Lipinski definition) is 1. The van der Waals surface area contributed by atoms with Gasteiger partial charge < -0.3 is 9.73 Å². The Labute approximate surface area is 122 Å². The van der Waals surface area contributed by atoms with E-state index >= 15 is 0 Å². The van der Waals surface area contributed by atoms with Crippen molar-refractivity contribution >= 4 is 17.5 Å². The molecule has 1 heterocycles. The van der Waals surface area contributed by atoms with E-state index in [1.807, 2.05) is 12.1 Å². The van der Waals surface area contributed by atoms with Gasteiger partial charge in [0.1, 0.15) is 0 Å². The first-order valence-electron chi connectivity index (χ1n) is 6.59. The summed E-state index contributed by atoms with van der Waals surface area (Å²) in [4.78, 5) is 11.8. The summed E-state index contributed by atoms with van der Waals surface area (Å²) in [6.45, 7) is 2.71. The van der Waals surface area contributed by atoms with Gasteiger partial charge in [-0.05, 0) is 18.6 Å². The Morgan fingerprint density at radius 2 is 2.10 bits per heavy atom. The Bertz CT molecular complexity index is 583. The molecule has 1 aromatic heterocycles. The van der Waals surface area contributed by atoms with Gasteiger partial charge in [0.25, 0.3) is 0 Å². The molecule has 1 N–H and O–H groups in total. The molecule has 0 aliphatic carbocycles. The van der Waals surface area contributed by atoms with Crippen LogP contribution in [-0.2, 0) is 0 Å². The zero-order chi connectivity index (χ0) is 14.4. The predicted octanol–water partition coefficient (Wildman–Crippen LogP) is 3.31. The standard InChI is InChI=1S/C14H16ClN3O2/c1-2-3-6-9-16-12(19)14-18-17-13(20-14)10-7-4-5-8-11(10)15/h4-5,7-8H,2-3,6,9H2,1H3,(H,16,19). The molecular formula is C14H16ClN3O2. The number of amides is 1. The van der Waals surface area contributed by atoms with Crippen molar-refractivity contribution in [2.24, 2.45) is 0 Å². The molecule has 2 rings (SSSR count). The molecular weight excluding hydrogens is 278 g/mol. The first kappa shape index (κ1) is 14.5. The average Bonchev–Trinajstić information content (AvgIpc) is 2.93. The maximum atomic E-state index is 11.8. The highest BCUT2D eigenvalue weighted by atomic mass is 35.5. The first-order chi connectivity index (χ1) is 9.72. The second-order valence-corrected chi connectivity index (χ2v) is 4.76. The zero-order valence-corrected chi connectivity index (χ0v) is 12.0. The van der Waals surface area contributed by atoms with Crippen LogP contribution in [0.4, 0.5) is 0 Å². The summed E-state index contributed by atoms with van der Waals surface area (Å²) in [5, 5.41) is 10.8. The Morgan fingerprint density at radius 1 is 1.30 bits per heavy atom. The molecule has 5 nitrogen and oxygen atoms in total. The molecule has 0 spiro atoms. The van der Waals surface area contributed by atoms with Crippen LogP contribution in [0.1, 0.15) is 36.9 Å². The molecule has 106 valence electrons. The topological polar surface area (TPSA) is 68.0 Å². The van der Waals surface area contributed by atoms with E-state index < -0.39 is 0 Å². The number of carbonyl (C=O) groups excluding carboxylic acids is 1. The summed E-state index contributed by atoms with van der Waals surface area (Å²) in [6.07, 6.45) is 3.12. The first-order valence-corrected chi connectivity index (χ1v) is 6.96. The summed E-state index contributed by atoms with van der Waals surface area (Å²) < 4.78 is 5.35. The van der Waals surface area contributed by atoms with Gasteiger partial charge in [-0.2, -0.15) is 0 Å². The third-order valence-corrected chi connectivity index (χ3v) is 3.12. The van der Waals surface area contributed by atoms with E-state index in [0.717, 1.165) is 19.3 Å². The molecule has 0 atom stereocenters. The van der Waals surface area contributed by atoms with Crippen molar-refractivity contribution in [2.45, 2.75) is 26.2 Å². The second-order valence-electron chi connectivity index (χ2n) is 4.36. The number of nitrogens with zero attached hydrogens (tertiary/aromatic N) is 2. The Kier molecular flexibility index (Phi) is 5.12. The number of benzene rings is 1. The molecule has 0 saturated carbocycles. The number of unbranched alkanes of at least 4 members (excludes halogenated alkanes) is 2. The van der Waals surface area contributed by atoms with E-state index in [1.54, 1.807) is 12.1 Å². The largest absolute Gasteiger partial charge is 0.412 e. The lowest BCUT2D eigenvalue weighted by Gasteiger charge is -2.00. The van der Waals surface area contributed by atoms with E-state index in [9.17, 15) is 4.79 Å². The number of carbonyl (C=O) groups is 1. The van der Waals surface area contributed by atoms with Gasteiger partial charge in [0, 0.05) is 6.54 Å². The fourth-order valence-electron chi connectivity index (χ4n) is 1.71. The summed E-state index contributed by atoms with van der Waals surface area (Å²) in [5.74, 6) is -0.155. The van der Waals surface area contributed by atoms with Gasteiger partial charge in [0.05, 0.1) is 10.6 Å². The fraction of sp³-hybridized carbons (Fsp3) is 0.357. The number of nitrogens with one attached hydrogen (secondary N) is 1. The van der Waals surface area contributed by atoms with Crippen molar-refractivity contribution in [2.75, 3.05) is 6.54 Å². The summed E-state index contributed by atoms with van der Waals surface area (Å²) in [5.41, 5.74) is 0.617. The van der Waals surface area contributed by atoms with E-state index in [1.165, 1.54) is 0 Å². The highest BCUT2D eigenvalue weighted by molar-refractivity contribution is 6.33. The molecule has 2 aromatic rings. The minimum absolute atomic E-state index is 0.0450. The van der Waals surface area contributed by atoms with Gasteiger partial charge in [-0.1, -0.05) is 43.5 Å². The number of hydrogen-bond acceptors (Lipinski definition) is 4. The maximum absolute atomic E-state index is 11.8. The number of halogens is 1. The van der Waals surface area contributed by atoms with Gasteiger partial charge >= 0.3 is 11.8 Å². The molecule has 20 heavy (non-hydrogen) atoms. The lowest BCUT2D eigenvalue weighted by Crippen LogP contribution is -2.24. The van der Waals surface area contributed by atoms with E-state index in [4.69, 9.17) is 16.0 Å². The highest BCUT2D eigenvalue weighted by Crippen LogP contribution is 2.26. The van der Waals surface area contributed by atoms with E-state index in [2.05, 4.69) is 22.4 Å². The van der Waals surface area contributed by atoms with Crippen LogP contribution in [0, 0.1) is 0 Å². The van der Waals surface area contributed by atoms with Crippen molar-refractivity contribution in [3.05, 3.63) is 35.2 Å². The third kappa shape index (κ3) is 3.57. The van der Waals surface area contributed by atoms with Crippen molar-refractivity contribution in [3.8, 4) is 11.5 Å². The van der Waals surface area contributed by atoms with Crippen LogP contribution in [-0.4, -0.2) is 22.6 Å². The van der Waals surface area contributed by atoms with Gasteiger partial charge in [0.2, 0.25) is 5.89 Å². The molecule has 0 fully saturated rings. The lowest BCUT2D eigenvalue weighted by atomic mass is 10.2. The molecule has 0 unspecified atom stereocenters. The van der Waals surface area contributed by atoms with Crippen molar-refractivity contribution in [1.82, 2.24) is 15.5 Å². The molecule has 1 aromatic carbocycles. The summed E-state index contributed by atoms with van der Waals surface area (Å²) in [6, 6.07) is 7.11. The minimum Gasteiger partial charge on any atom is -0.412 e. The number of aromatic nitrogens is 2. The van der Waals surface area contributed by atoms with Crippen LogP contribution in [0.25, 0.3) is 11.5 Å². The van der Waals surface area contributed by atoms with Crippen LogP contribution in [0.15, 0.2) is 28.7 Å². The minimum atomic E-state index is -0.355. The Morgan fingerprint density at radius 3 is 2.85 bits per heavy atom. The molecule has 0 radical (unpaired) electrons. The molecule has 0 aliphatic rings. The smallest absolute Gasteiger partial charge is 0.308 e. The van der Waals surface area contributed by atoms with Crippen LogP contribution in [0.3, 0.4) is 0 Å². The Balaban J connectivity index is 2.02. The molecule has 0 bridgehead atoms. The highest BCUT2D eigenvalue weighted by Gasteiger charge is 2.16. The van der Waals surface area contributed by atoms with Crippen LogP contribution >= 0.6 is 11.6 Å². The molecule has 1 amide bonds. The van der Waals surface area contributed by atoms with Crippen molar-refractivity contribution in [3.63, 3.8) is 0 Å². The quantitative estimate of drug-likeness (QED) is 0.830. The SMILES string of the molecule is CCCCCNC(=O)c1nnc(-c2ccccc2Cl)o1. The van der Waals surface area contributed by atoms with Gasteiger partial charge in [0.15, 0.2) is 0 Å². The normalized spacial score (nSPS) is 10.5. The predicted molar refractivity (Wildman–Crippen MR) is 76.6 cm³/mol. The van der Waals surface area contributed by atoms with Gasteiger partial charge in [-0.15, -0.1) is 10.2 Å². The average molecular weight is 294 g/mol. The fourth-order valence-corrected chi connectivity index (χ4v) is 1.93. The molecule has 0 saturated heterocycles. The van der Waals surface area contributed by atoms with E-state index in [0.29, 0.717) is 17.1 Å². The second kappa shape index (κ2) is 7.05. The molecule has 0 aliphatic heterocycles.